The van der Waals surface area contributed by atoms with E-state index in [2.05, 4.69) is 48.4 Å². The highest BCUT2D eigenvalue weighted by Gasteiger charge is 2.37. The number of aromatic amines is 1. The molecule has 1 unspecified atom stereocenters. The van der Waals surface area contributed by atoms with Crippen molar-refractivity contribution in [1.82, 2.24) is 10.3 Å². The summed E-state index contributed by atoms with van der Waals surface area (Å²) in [5.74, 6) is 0.831. The molecular formula is C22H22N4O. The molecule has 5 heteroatoms. The molecule has 2 aromatic rings. The highest BCUT2D eigenvalue weighted by molar-refractivity contribution is 6.09. The number of methoxy groups -OCH3 is 1. The molecular weight excluding hydrogens is 336 g/mol. The van der Waals surface area contributed by atoms with Crippen molar-refractivity contribution in [3.8, 4) is 11.8 Å². The van der Waals surface area contributed by atoms with Crippen molar-refractivity contribution in [1.29, 1.82) is 5.26 Å². The molecule has 1 aromatic heterocycles. The summed E-state index contributed by atoms with van der Waals surface area (Å²) in [7, 11) is 3.64. The minimum absolute atomic E-state index is 0.544. The Morgan fingerprint density at radius 1 is 1.37 bits per heavy atom. The van der Waals surface area contributed by atoms with Gasteiger partial charge >= 0.3 is 0 Å². The quantitative estimate of drug-likeness (QED) is 0.866. The first-order valence-corrected chi connectivity index (χ1v) is 8.97. The third kappa shape index (κ3) is 2.53. The topological polar surface area (TPSA) is 73.2 Å². The third-order valence-electron chi connectivity index (χ3n) is 5.58. The SMILES string of the molecule is CNC(C)(C1=NC2=CC=C(C#N)CC2=C1)c1c(OC)cc(C)c2[nH]ccc12. The summed E-state index contributed by atoms with van der Waals surface area (Å²) in [6, 6.07) is 6.39. The van der Waals surface area contributed by atoms with E-state index in [1.165, 1.54) is 0 Å². The number of nitrogens with zero attached hydrogens (tertiary/aromatic N) is 2. The minimum Gasteiger partial charge on any atom is -0.496 e. The minimum atomic E-state index is -0.544. The average molecular weight is 358 g/mol. The van der Waals surface area contributed by atoms with Crippen molar-refractivity contribution < 1.29 is 4.74 Å². The average Bonchev–Trinajstić information content (AvgIpc) is 3.33. The lowest BCUT2D eigenvalue weighted by atomic mass is 9.83. The summed E-state index contributed by atoms with van der Waals surface area (Å²) >= 11 is 0. The van der Waals surface area contributed by atoms with Gasteiger partial charge in [0.05, 0.1) is 30.1 Å². The molecule has 0 saturated heterocycles. The molecule has 136 valence electrons. The smallest absolute Gasteiger partial charge is 0.125 e. The highest BCUT2D eigenvalue weighted by atomic mass is 16.5. The second kappa shape index (κ2) is 6.26. The van der Waals surface area contributed by atoms with Crippen molar-refractivity contribution in [3.05, 3.63) is 64.5 Å². The lowest BCUT2D eigenvalue weighted by Crippen LogP contribution is -2.44. The number of nitriles is 1. The zero-order valence-corrected chi connectivity index (χ0v) is 16.0. The van der Waals surface area contributed by atoms with Crippen LogP contribution in [0.4, 0.5) is 0 Å². The molecule has 5 nitrogen and oxygen atoms in total. The van der Waals surface area contributed by atoms with Crippen LogP contribution in [0.3, 0.4) is 0 Å². The second-order valence-corrected chi connectivity index (χ2v) is 7.11. The number of rotatable bonds is 4. The second-order valence-electron chi connectivity index (χ2n) is 7.11. The van der Waals surface area contributed by atoms with Crippen LogP contribution in [-0.4, -0.2) is 24.9 Å². The third-order valence-corrected chi connectivity index (χ3v) is 5.58. The maximum Gasteiger partial charge on any atom is 0.125 e. The number of aliphatic imine (C=N–C) groups is 1. The van der Waals surface area contributed by atoms with Crippen molar-refractivity contribution in [2.75, 3.05) is 14.2 Å². The number of nitrogens with one attached hydrogen (secondary N) is 2. The van der Waals surface area contributed by atoms with E-state index < -0.39 is 5.54 Å². The van der Waals surface area contributed by atoms with Gasteiger partial charge < -0.3 is 15.0 Å². The fourth-order valence-electron chi connectivity index (χ4n) is 3.97. The lowest BCUT2D eigenvalue weighted by Gasteiger charge is -2.32. The van der Waals surface area contributed by atoms with Gasteiger partial charge in [0, 0.05) is 34.7 Å². The number of benzene rings is 1. The maximum atomic E-state index is 9.21. The molecule has 0 amide bonds. The molecule has 1 aromatic carbocycles. The number of hydrogen-bond acceptors (Lipinski definition) is 4. The summed E-state index contributed by atoms with van der Waals surface area (Å²) in [6.45, 7) is 4.20. The Labute approximate surface area is 158 Å². The molecule has 27 heavy (non-hydrogen) atoms. The van der Waals surface area contributed by atoms with Crippen LogP contribution in [0.1, 0.15) is 24.5 Å². The zero-order chi connectivity index (χ0) is 19.2. The molecule has 0 spiro atoms. The maximum absolute atomic E-state index is 9.21. The molecule has 2 aliphatic rings. The van der Waals surface area contributed by atoms with Gasteiger partial charge in [-0.25, -0.2) is 0 Å². The van der Waals surface area contributed by atoms with Crippen LogP contribution in [0.5, 0.6) is 5.75 Å². The van der Waals surface area contributed by atoms with Crippen LogP contribution < -0.4 is 10.1 Å². The summed E-state index contributed by atoms with van der Waals surface area (Å²) in [4.78, 5) is 8.23. The van der Waals surface area contributed by atoms with Gasteiger partial charge in [0.25, 0.3) is 0 Å². The van der Waals surface area contributed by atoms with Crippen LogP contribution in [-0.2, 0) is 5.54 Å². The predicted octanol–water partition coefficient (Wildman–Crippen LogP) is 4.04. The van der Waals surface area contributed by atoms with Crippen LogP contribution in [0, 0.1) is 18.3 Å². The molecule has 0 fully saturated rings. The van der Waals surface area contributed by atoms with E-state index in [0.717, 1.165) is 50.3 Å². The van der Waals surface area contributed by atoms with Gasteiger partial charge in [-0.3, -0.25) is 4.99 Å². The highest BCUT2D eigenvalue weighted by Crippen LogP contribution is 2.42. The summed E-state index contributed by atoms with van der Waals surface area (Å²) in [5.41, 5.74) is 6.44. The van der Waals surface area contributed by atoms with E-state index in [-0.39, 0.29) is 0 Å². The first-order valence-electron chi connectivity index (χ1n) is 8.97. The Morgan fingerprint density at radius 2 is 2.19 bits per heavy atom. The summed E-state index contributed by atoms with van der Waals surface area (Å²) < 4.78 is 5.77. The van der Waals surface area contributed by atoms with E-state index in [4.69, 9.17) is 9.73 Å². The molecule has 1 aliphatic heterocycles. The van der Waals surface area contributed by atoms with Crippen LogP contribution in [0.15, 0.2) is 58.4 Å². The van der Waals surface area contributed by atoms with Gasteiger partial charge in [-0.1, -0.05) is 0 Å². The number of ether oxygens (including phenoxy) is 1. The van der Waals surface area contributed by atoms with Gasteiger partial charge in [0.1, 0.15) is 5.75 Å². The van der Waals surface area contributed by atoms with Gasteiger partial charge in [0.2, 0.25) is 0 Å². The molecule has 0 radical (unpaired) electrons. The number of allylic oxidation sites excluding steroid dienone is 4. The Kier molecular flexibility index (Phi) is 4.01. The number of fused-ring (bicyclic) bond motifs is 2. The lowest BCUT2D eigenvalue weighted by molar-refractivity contribution is 0.397. The van der Waals surface area contributed by atoms with Crippen molar-refractivity contribution in [2.45, 2.75) is 25.8 Å². The van der Waals surface area contributed by atoms with E-state index in [1.54, 1.807) is 7.11 Å². The van der Waals surface area contributed by atoms with Crippen molar-refractivity contribution in [2.24, 2.45) is 4.99 Å². The summed E-state index contributed by atoms with van der Waals surface area (Å²) in [5, 5.41) is 13.8. The largest absolute Gasteiger partial charge is 0.496 e. The van der Waals surface area contributed by atoms with Gasteiger partial charge in [0.15, 0.2) is 0 Å². The van der Waals surface area contributed by atoms with E-state index in [9.17, 15) is 5.26 Å². The van der Waals surface area contributed by atoms with E-state index in [1.807, 2.05) is 25.4 Å². The molecule has 0 bridgehead atoms. The first-order chi connectivity index (χ1) is 13.0. The fraction of sp³-hybridized carbons (Fsp3) is 0.273. The summed E-state index contributed by atoms with van der Waals surface area (Å²) in [6.07, 6.45) is 8.46. The van der Waals surface area contributed by atoms with E-state index >= 15 is 0 Å². The Hall–Kier alpha value is -3.10. The molecule has 2 heterocycles. The van der Waals surface area contributed by atoms with Crippen LogP contribution in [0.2, 0.25) is 0 Å². The molecule has 0 saturated carbocycles. The number of aromatic nitrogens is 1. The zero-order valence-electron chi connectivity index (χ0n) is 16.0. The standard InChI is InChI=1S/C22H22N4O/c1-13-9-18(27-4)20(16-7-8-25-21(13)16)22(2,24-3)19-11-15-10-14(12-23)5-6-17(15)26-19/h5-9,11,24-25H,10H2,1-4H3. The Balaban J connectivity index is 1.90. The Morgan fingerprint density at radius 3 is 2.89 bits per heavy atom. The monoisotopic (exact) mass is 358 g/mol. The molecule has 4 rings (SSSR count). The number of hydrogen-bond donors (Lipinski definition) is 2. The van der Waals surface area contributed by atoms with E-state index in [0.29, 0.717) is 6.42 Å². The fourth-order valence-corrected chi connectivity index (χ4v) is 3.97. The first kappa shape index (κ1) is 17.3. The van der Waals surface area contributed by atoms with Gasteiger partial charge in [-0.05, 0) is 62.4 Å². The van der Waals surface area contributed by atoms with Crippen molar-refractivity contribution >= 4 is 16.6 Å². The Bertz CT molecular complexity index is 1110. The predicted molar refractivity (Wildman–Crippen MR) is 108 cm³/mol. The van der Waals surface area contributed by atoms with Crippen LogP contribution in [0.25, 0.3) is 10.9 Å². The number of H-pyrrole nitrogens is 1. The van der Waals surface area contributed by atoms with Gasteiger partial charge in [-0.15, -0.1) is 0 Å². The molecule has 1 atom stereocenters. The normalized spacial score (nSPS) is 18.0. The molecule has 1 aliphatic carbocycles. The van der Waals surface area contributed by atoms with Crippen molar-refractivity contribution in [3.63, 3.8) is 0 Å². The number of aryl methyl sites for hydroxylation is 1. The van der Waals surface area contributed by atoms with Crippen LogP contribution >= 0.6 is 0 Å². The molecule has 2 N–H and O–H groups in total. The van der Waals surface area contributed by atoms with Gasteiger partial charge in [-0.2, -0.15) is 5.26 Å².